The van der Waals surface area contributed by atoms with Crippen LogP contribution in [0.2, 0.25) is 0 Å². The maximum atomic E-state index is 12.8. The predicted octanol–water partition coefficient (Wildman–Crippen LogP) is 3.13. The fraction of sp³-hybridized carbons (Fsp3) is 0.895. The van der Waals surface area contributed by atoms with Crippen molar-refractivity contribution >= 4 is 11.9 Å². The largest absolute Gasteiger partial charge is 0.480 e. The van der Waals surface area contributed by atoms with Crippen LogP contribution >= 0.6 is 0 Å². The monoisotopic (exact) mass is 338 g/mol. The van der Waals surface area contributed by atoms with Crippen LogP contribution in [0.1, 0.15) is 71.6 Å². The van der Waals surface area contributed by atoms with Gasteiger partial charge in [0.1, 0.15) is 6.04 Å². The summed E-state index contributed by atoms with van der Waals surface area (Å²) in [6, 6.07) is -0.414. The summed E-state index contributed by atoms with van der Waals surface area (Å²) in [5, 5.41) is 9.53. The van der Waals surface area contributed by atoms with Gasteiger partial charge in [0.2, 0.25) is 5.91 Å². The normalized spacial score (nSPS) is 26.6. The Morgan fingerprint density at radius 2 is 1.75 bits per heavy atom. The minimum Gasteiger partial charge on any atom is -0.480 e. The Balaban J connectivity index is 1.90. The first kappa shape index (κ1) is 19.2. The average Bonchev–Trinajstić information content (AvgIpc) is 2.95. The van der Waals surface area contributed by atoms with E-state index in [4.69, 9.17) is 0 Å². The summed E-state index contributed by atoms with van der Waals surface area (Å²) in [7, 11) is 0. The van der Waals surface area contributed by atoms with E-state index in [0.717, 1.165) is 58.2 Å². The second-order valence-electron chi connectivity index (χ2n) is 7.45. The van der Waals surface area contributed by atoms with Crippen LogP contribution in [0.4, 0.5) is 0 Å². The van der Waals surface area contributed by atoms with Crippen molar-refractivity contribution in [2.45, 2.75) is 83.7 Å². The highest BCUT2D eigenvalue weighted by Gasteiger charge is 2.47. The van der Waals surface area contributed by atoms with Gasteiger partial charge in [-0.1, -0.05) is 26.7 Å². The zero-order valence-electron chi connectivity index (χ0n) is 15.4. The van der Waals surface area contributed by atoms with Gasteiger partial charge in [-0.15, -0.1) is 0 Å². The summed E-state index contributed by atoms with van der Waals surface area (Å²) in [4.78, 5) is 28.5. The molecule has 24 heavy (non-hydrogen) atoms. The number of aliphatic carboxylic acids is 1. The van der Waals surface area contributed by atoms with Crippen LogP contribution in [-0.2, 0) is 9.59 Å². The number of likely N-dealkylation sites (tertiary alicyclic amines) is 1. The van der Waals surface area contributed by atoms with Crippen LogP contribution in [0.25, 0.3) is 0 Å². The molecule has 138 valence electrons. The van der Waals surface area contributed by atoms with Crippen LogP contribution in [-0.4, -0.2) is 58.5 Å². The second kappa shape index (κ2) is 9.40. The van der Waals surface area contributed by atoms with Crippen LogP contribution < -0.4 is 0 Å². The number of fused-ring (bicyclic) bond motifs is 1. The minimum atomic E-state index is -0.823. The van der Waals surface area contributed by atoms with Crippen molar-refractivity contribution in [3.63, 3.8) is 0 Å². The highest BCUT2D eigenvalue weighted by atomic mass is 16.4. The maximum Gasteiger partial charge on any atom is 0.326 e. The van der Waals surface area contributed by atoms with Gasteiger partial charge in [-0.25, -0.2) is 4.79 Å². The first-order valence-electron chi connectivity index (χ1n) is 9.84. The van der Waals surface area contributed by atoms with E-state index in [9.17, 15) is 14.7 Å². The zero-order valence-corrected chi connectivity index (χ0v) is 15.4. The molecule has 1 N–H and O–H groups in total. The van der Waals surface area contributed by atoms with E-state index in [1.165, 1.54) is 6.42 Å². The topological polar surface area (TPSA) is 60.9 Å². The molecule has 1 saturated carbocycles. The van der Waals surface area contributed by atoms with Gasteiger partial charge in [0.05, 0.1) is 0 Å². The molecule has 1 heterocycles. The molecule has 2 aliphatic rings. The molecular weight excluding hydrogens is 304 g/mol. The molecule has 1 aliphatic heterocycles. The number of carboxylic acids is 1. The van der Waals surface area contributed by atoms with E-state index >= 15 is 0 Å². The number of carbonyl (C=O) groups excluding carboxylic acids is 1. The predicted molar refractivity (Wildman–Crippen MR) is 94.9 cm³/mol. The fourth-order valence-electron chi connectivity index (χ4n) is 4.59. The van der Waals surface area contributed by atoms with Crippen molar-refractivity contribution in [3.8, 4) is 0 Å². The molecule has 5 nitrogen and oxygen atoms in total. The molecule has 1 aliphatic carbocycles. The van der Waals surface area contributed by atoms with Gasteiger partial charge in [0.15, 0.2) is 0 Å². The average molecular weight is 338 g/mol. The lowest BCUT2D eigenvalue weighted by molar-refractivity contribution is -0.150. The molecule has 0 aromatic rings. The quantitative estimate of drug-likeness (QED) is 0.701. The third-order valence-electron chi connectivity index (χ3n) is 5.61. The summed E-state index contributed by atoms with van der Waals surface area (Å²) in [6.45, 7) is 7.45. The molecule has 2 rings (SSSR count). The van der Waals surface area contributed by atoms with Crippen LogP contribution in [0.5, 0.6) is 0 Å². The Morgan fingerprint density at radius 1 is 1.08 bits per heavy atom. The van der Waals surface area contributed by atoms with Gasteiger partial charge in [0, 0.05) is 12.5 Å². The summed E-state index contributed by atoms with van der Waals surface area (Å²) >= 11 is 0. The maximum absolute atomic E-state index is 12.8. The summed E-state index contributed by atoms with van der Waals surface area (Å²) in [5.41, 5.74) is 0. The zero-order chi connectivity index (χ0) is 17.5. The number of hydrogen-bond acceptors (Lipinski definition) is 3. The van der Waals surface area contributed by atoms with E-state index < -0.39 is 12.0 Å². The Hall–Kier alpha value is -1.10. The fourth-order valence-corrected chi connectivity index (χ4v) is 4.59. The first-order valence-corrected chi connectivity index (χ1v) is 9.84. The number of amides is 1. The number of hydrogen-bond donors (Lipinski definition) is 1. The van der Waals surface area contributed by atoms with Crippen molar-refractivity contribution in [2.75, 3.05) is 19.6 Å². The highest BCUT2D eigenvalue weighted by Crippen LogP contribution is 2.40. The lowest BCUT2D eigenvalue weighted by Gasteiger charge is -2.33. The van der Waals surface area contributed by atoms with Crippen molar-refractivity contribution < 1.29 is 14.7 Å². The van der Waals surface area contributed by atoms with Gasteiger partial charge in [-0.3, -0.25) is 4.79 Å². The molecule has 2 fully saturated rings. The lowest BCUT2D eigenvalue weighted by Crippen LogP contribution is -2.46. The highest BCUT2D eigenvalue weighted by molar-refractivity contribution is 5.84. The SMILES string of the molecule is CCCN(CCC)CCCC(=O)N1C(C(=O)O)CC2CCCCC21. The number of carbonyl (C=O) groups is 2. The first-order chi connectivity index (χ1) is 11.6. The second-order valence-corrected chi connectivity index (χ2v) is 7.45. The van der Waals surface area contributed by atoms with Crippen molar-refractivity contribution in [1.29, 1.82) is 0 Å². The van der Waals surface area contributed by atoms with Crippen LogP contribution in [0.15, 0.2) is 0 Å². The van der Waals surface area contributed by atoms with Gasteiger partial charge in [-0.2, -0.15) is 0 Å². The summed E-state index contributed by atoms with van der Waals surface area (Å²) in [5.74, 6) is -0.360. The lowest BCUT2D eigenvalue weighted by atomic mass is 9.84. The van der Waals surface area contributed by atoms with Crippen molar-refractivity contribution in [1.82, 2.24) is 9.80 Å². The van der Waals surface area contributed by atoms with E-state index in [2.05, 4.69) is 18.7 Å². The third kappa shape index (κ3) is 4.71. The van der Waals surface area contributed by atoms with E-state index in [0.29, 0.717) is 18.8 Å². The Morgan fingerprint density at radius 3 is 2.38 bits per heavy atom. The molecule has 1 saturated heterocycles. The molecule has 3 atom stereocenters. The van der Waals surface area contributed by atoms with E-state index in [1.807, 2.05) is 0 Å². The molecule has 0 aromatic heterocycles. The molecule has 1 amide bonds. The number of rotatable bonds is 9. The Kier molecular flexibility index (Phi) is 7.53. The van der Waals surface area contributed by atoms with Crippen LogP contribution in [0, 0.1) is 5.92 Å². The number of carboxylic acid groups (broad SMARTS) is 1. The Bertz CT molecular complexity index is 421. The summed E-state index contributed by atoms with van der Waals surface area (Å²) in [6.07, 6.45) is 8.60. The van der Waals surface area contributed by atoms with Gasteiger partial charge in [-0.05, 0) is 64.1 Å². The van der Waals surface area contributed by atoms with Crippen LogP contribution in [0.3, 0.4) is 0 Å². The molecule has 3 unspecified atom stereocenters. The molecule has 0 bridgehead atoms. The minimum absolute atomic E-state index is 0.0600. The standard InChI is InChI=1S/C19H34N2O3/c1-3-11-20(12-4-2)13-7-10-18(22)21-16-9-6-5-8-15(16)14-17(21)19(23)24/h15-17H,3-14H2,1-2H3,(H,23,24). The number of nitrogens with zero attached hydrogens (tertiary/aromatic N) is 2. The Labute approximate surface area is 146 Å². The molecule has 0 radical (unpaired) electrons. The summed E-state index contributed by atoms with van der Waals surface area (Å²) < 4.78 is 0. The van der Waals surface area contributed by atoms with Gasteiger partial charge >= 0.3 is 5.97 Å². The smallest absolute Gasteiger partial charge is 0.326 e. The molecule has 5 heteroatoms. The van der Waals surface area contributed by atoms with E-state index in [1.54, 1.807) is 4.90 Å². The van der Waals surface area contributed by atoms with Crippen molar-refractivity contribution in [2.24, 2.45) is 5.92 Å². The molecular formula is C19H34N2O3. The van der Waals surface area contributed by atoms with E-state index in [-0.39, 0.29) is 11.9 Å². The molecule has 0 spiro atoms. The molecule has 0 aromatic carbocycles. The third-order valence-corrected chi connectivity index (χ3v) is 5.61. The van der Waals surface area contributed by atoms with Gasteiger partial charge < -0.3 is 14.9 Å². The van der Waals surface area contributed by atoms with Gasteiger partial charge in [0.25, 0.3) is 0 Å². The van der Waals surface area contributed by atoms with Crippen molar-refractivity contribution in [3.05, 3.63) is 0 Å².